The molecule has 0 aromatic carbocycles. The van der Waals surface area contributed by atoms with Crippen molar-refractivity contribution in [1.82, 2.24) is 15.0 Å². The molecule has 0 saturated carbocycles. The number of pyridine rings is 3. The minimum absolute atomic E-state index is 0.218. The Morgan fingerprint density at radius 2 is 2.13 bits per heavy atom. The van der Waals surface area contributed by atoms with E-state index in [0.717, 1.165) is 0 Å². The second kappa shape index (κ2) is 6.18. The van der Waals surface area contributed by atoms with Crippen molar-refractivity contribution < 1.29 is 9.53 Å². The molecule has 0 radical (unpaired) electrons. The van der Waals surface area contributed by atoms with Crippen LogP contribution < -0.4 is 5.56 Å². The maximum absolute atomic E-state index is 12.3. The molecular weight excluding hydrogens is 318 g/mol. The monoisotopic (exact) mass is 329 g/mol. The molecule has 0 aliphatic carbocycles. The van der Waals surface area contributed by atoms with Gasteiger partial charge in [-0.3, -0.25) is 9.78 Å². The quantitative estimate of drug-likeness (QED) is 0.590. The maximum Gasteiger partial charge on any atom is 0.340 e. The highest BCUT2D eigenvalue weighted by Crippen LogP contribution is 2.33. The van der Waals surface area contributed by atoms with Crippen molar-refractivity contribution in [3.63, 3.8) is 0 Å². The Bertz CT molecular complexity index is 953. The molecule has 6 nitrogen and oxygen atoms in total. The molecule has 7 heteroatoms. The number of aromatic nitrogens is 3. The fraction of sp³-hybridized carbons (Fsp3) is 0.125. The Hall–Kier alpha value is -2.73. The van der Waals surface area contributed by atoms with Crippen molar-refractivity contribution in [3.05, 3.63) is 57.7 Å². The number of halogens is 1. The van der Waals surface area contributed by atoms with Gasteiger partial charge in [0.15, 0.2) is 0 Å². The normalized spacial score (nSPS) is 10.7. The van der Waals surface area contributed by atoms with Gasteiger partial charge < -0.3 is 9.72 Å². The van der Waals surface area contributed by atoms with Crippen LogP contribution >= 0.6 is 11.6 Å². The predicted molar refractivity (Wildman–Crippen MR) is 86.6 cm³/mol. The van der Waals surface area contributed by atoms with E-state index >= 15 is 0 Å². The smallest absolute Gasteiger partial charge is 0.340 e. The number of hydrogen-bond donors (Lipinski definition) is 1. The highest BCUT2D eigenvalue weighted by Gasteiger charge is 2.20. The molecule has 23 heavy (non-hydrogen) atoms. The molecule has 1 N–H and O–H groups in total. The molecule has 0 fully saturated rings. The van der Waals surface area contributed by atoms with Crippen molar-refractivity contribution in [1.29, 1.82) is 0 Å². The third kappa shape index (κ3) is 2.80. The van der Waals surface area contributed by atoms with Crippen LogP contribution in [-0.2, 0) is 4.74 Å². The summed E-state index contributed by atoms with van der Waals surface area (Å²) < 4.78 is 5.07. The molecule has 0 aliphatic heterocycles. The lowest BCUT2D eigenvalue weighted by atomic mass is 10.0. The van der Waals surface area contributed by atoms with Crippen LogP contribution in [0.1, 0.15) is 17.3 Å². The van der Waals surface area contributed by atoms with Gasteiger partial charge in [0.2, 0.25) is 5.56 Å². The zero-order valence-corrected chi connectivity index (χ0v) is 12.9. The number of H-pyrrole nitrogens is 1. The number of esters is 1. The van der Waals surface area contributed by atoms with Gasteiger partial charge in [-0.05, 0) is 25.1 Å². The Kier molecular flexibility index (Phi) is 4.08. The summed E-state index contributed by atoms with van der Waals surface area (Å²) in [6, 6.07) is 6.37. The average molecular weight is 330 g/mol. The lowest BCUT2D eigenvalue weighted by Gasteiger charge is -2.12. The van der Waals surface area contributed by atoms with Crippen LogP contribution in [-0.4, -0.2) is 27.5 Å². The molecule has 0 saturated heterocycles. The van der Waals surface area contributed by atoms with Crippen LogP contribution in [0.5, 0.6) is 0 Å². The minimum atomic E-state index is -0.540. The van der Waals surface area contributed by atoms with Gasteiger partial charge in [0.25, 0.3) is 0 Å². The number of nitrogens with zero attached hydrogens (tertiary/aromatic N) is 2. The van der Waals surface area contributed by atoms with Crippen molar-refractivity contribution in [2.45, 2.75) is 6.92 Å². The van der Waals surface area contributed by atoms with Gasteiger partial charge in [0.1, 0.15) is 5.15 Å². The van der Waals surface area contributed by atoms with Crippen molar-refractivity contribution in [2.24, 2.45) is 0 Å². The van der Waals surface area contributed by atoms with E-state index in [1.54, 1.807) is 31.3 Å². The van der Waals surface area contributed by atoms with E-state index in [0.29, 0.717) is 22.2 Å². The summed E-state index contributed by atoms with van der Waals surface area (Å²) in [5, 5.41) is 0.218. The van der Waals surface area contributed by atoms with Crippen LogP contribution in [0, 0.1) is 0 Å². The first-order valence-corrected chi connectivity index (χ1v) is 7.29. The van der Waals surface area contributed by atoms with Gasteiger partial charge in [-0.15, -0.1) is 0 Å². The standard InChI is InChI=1S/C16H12ClN3O3/c1-2-23-16(22)10-8-19-11-5-6-12(21)20-14(11)13(10)9-4-3-7-18-15(9)17/h3-8H,2H2,1H3,(H,20,21). The van der Waals surface area contributed by atoms with Crippen LogP contribution in [0.15, 0.2) is 41.5 Å². The summed E-state index contributed by atoms with van der Waals surface area (Å²) in [4.78, 5) is 34.9. The number of rotatable bonds is 3. The van der Waals surface area contributed by atoms with E-state index in [-0.39, 0.29) is 22.9 Å². The van der Waals surface area contributed by atoms with E-state index in [4.69, 9.17) is 16.3 Å². The second-order valence-electron chi connectivity index (χ2n) is 4.69. The largest absolute Gasteiger partial charge is 0.462 e. The molecule has 3 aromatic rings. The SMILES string of the molecule is CCOC(=O)c1cnc2ccc(=O)[nH]c2c1-c1cccnc1Cl. The first kappa shape index (κ1) is 15.2. The van der Waals surface area contributed by atoms with Crippen LogP contribution in [0.4, 0.5) is 0 Å². The molecule has 0 unspecified atom stereocenters. The van der Waals surface area contributed by atoms with E-state index in [9.17, 15) is 9.59 Å². The number of aromatic amines is 1. The molecule has 3 rings (SSSR count). The summed E-state index contributed by atoms with van der Waals surface area (Å²) in [5.74, 6) is -0.540. The second-order valence-corrected chi connectivity index (χ2v) is 5.05. The van der Waals surface area contributed by atoms with E-state index in [1.807, 2.05) is 0 Å². The topological polar surface area (TPSA) is 84.9 Å². The van der Waals surface area contributed by atoms with Gasteiger partial charge in [-0.1, -0.05) is 11.6 Å². The van der Waals surface area contributed by atoms with Crippen LogP contribution in [0.25, 0.3) is 22.2 Å². The summed E-state index contributed by atoms with van der Waals surface area (Å²) in [7, 11) is 0. The van der Waals surface area contributed by atoms with E-state index < -0.39 is 5.97 Å². The number of nitrogens with one attached hydrogen (secondary N) is 1. The minimum Gasteiger partial charge on any atom is -0.462 e. The third-order valence-corrected chi connectivity index (χ3v) is 3.57. The van der Waals surface area contributed by atoms with Crippen molar-refractivity contribution in [3.8, 4) is 11.1 Å². The number of carbonyl (C=O) groups is 1. The Labute approximate surface area is 136 Å². The molecule has 116 valence electrons. The van der Waals surface area contributed by atoms with Gasteiger partial charge in [0, 0.05) is 29.6 Å². The Morgan fingerprint density at radius 1 is 1.30 bits per heavy atom. The average Bonchev–Trinajstić information content (AvgIpc) is 2.54. The molecule has 3 heterocycles. The number of fused-ring (bicyclic) bond motifs is 1. The zero-order chi connectivity index (χ0) is 16.4. The van der Waals surface area contributed by atoms with Gasteiger partial charge >= 0.3 is 5.97 Å². The van der Waals surface area contributed by atoms with Gasteiger partial charge in [-0.25, -0.2) is 9.78 Å². The molecule has 0 spiro atoms. The number of carbonyl (C=O) groups excluding carboxylic acids is 1. The van der Waals surface area contributed by atoms with Gasteiger partial charge in [0.05, 0.1) is 23.2 Å². The fourth-order valence-corrected chi connectivity index (χ4v) is 2.53. The number of ether oxygens (including phenoxy) is 1. The molecular formula is C16H12ClN3O3. The first-order valence-electron chi connectivity index (χ1n) is 6.92. The molecule has 3 aromatic heterocycles. The van der Waals surface area contributed by atoms with Crippen LogP contribution in [0.2, 0.25) is 5.15 Å². The lowest BCUT2D eigenvalue weighted by Crippen LogP contribution is -2.11. The highest BCUT2D eigenvalue weighted by atomic mass is 35.5. The van der Waals surface area contributed by atoms with Crippen molar-refractivity contribution in [2.75, 3.05) is 6.61 Å². The molecule has 0 amide bonds. The summed E-state index contributed by atoms with van der Waals surface area (Å²) in [6.45, 7) is 1.94. The summed E-state index contributed by atoms with van der Waals surface area (Å²) in [6.07, 6.45) is 2.96. The lowest BCUT2D eigenvalue weighted by molar-refractivity contribution is 0.0527. The molecule has 0 aliphatic rings. The maximum atomic E-state index is 12.3. The molecule has 0 atom stereocenters. The van der Waals surface area contributed by atoms with Gasteiger partial charge in [-0.2, -0.15) is 0 Å². The summed E-state index contributed by atoms with van der Waals surface area (Å²) >= 11 is 6.18. The number of hydrogen-bond acceptors (Lipinski definition) is 5. The van der Waals surface area contributed by atoms with E-state index in [2.05, 4.69) is 15.0 Å². The first-order chi connectivity index (χ1) is 11.1. The zero-order valence-electron chi connectivity index (χ0n) is 12.2. The highest BCUT2D eigenvalue weighted by molar-refractivity contribution is 6.32. The molecule has 0 bridgehead atoms. The van der Waals surface area contributed by atoms with E-state index in [1.165, 1.54) is 12.3 Å². The third-order valence-electron chi connectivity index (χ3n) is 3.27. The summed E-state index contributed by atoms with van der Waals surface area (Å²) in [5.41, 5.74) is 1.83. The Morgan fingerprint density at radius 3 is 2.87 bits per heavy atom. The predicted octanol–water partition coefficient (Wildman–Crippen LogP) is 2.82. The van der Waals surface area contributed by atoms with Crippen molar-refractivity contribution >= 4 is 28.6 Å². The van der Waals surface area contributed by atoms with Crippen LogP contribution in [0.3, 0.4) is 0 Å². The Balaban J connectivity index is 2.40. The fourth-order valence-electron chi connectivity index (χ4n) is 2.31.